The van der Waals surface area contributed by atoms with E-state index in [1.807, 2.05) is 0 Å². The van der Waals surface area contributed by atoms with E-state index in [0.717, 1.165) is 0 Å². The molecule has 0 bridgehead atoms. The number of nitrogens with one attached hydrogen (secondary N) is 1. The average Bonchev–Trinajstić information content (AvgIpc) is 2.35. The summed E-state index contributed by atoms with van der Waals surface area (Å²) >= 11 is 0. The van der Waals surface area contributed by atoms with Gasteiger partial charge in [-0.3, -0.25) is 9.59 Å². The maximum absolute atomic E-state index is 11.7. The van der Waals surface area contributed by atoms with E-state index < -0.39 is 0 Å². The Morgan fingerprint density at radius 1 is 1.39 bits per heavy atom. The van der Waals surface area contributed by atoms with Gasteiger partial charge in [0.1, 0.15) is 5.75 Å². The van der Waals surface area contributed by atoms with Crippen molar-refractivity contribution in [1.29, 1.82) is 0 Å². The van der Waals surface area contributed by atoms with Gasteiger partial charge in [-0.2, -0.15) is 0 Å². The van der Waals surface area contributed by atoms with Crippen molar-refractivity contribution >= 4 is 17.5 Å². The number of methoxy groups -OCH3 is 1. The molecule has 0 fully saturated rings. The highest BCUT2D eigenvalue weighted by molar-refractivity contribution is 5.97. The highest BCUT2D eigenvalue weighted by Gasteiger charge is 2.10. The van der Waals surface area contributed by atoms with Crippen molar-refractivity contribution in [3.63, 3.8) is 0 Å². The summed E-state index contributed by atoms with van der Waals surface area (Å²) in [6.07, 6.45) is 0. The molecule has 6 nitrogen and oxygen atoms in total. The zero-order valence-corrected chi connectivity index (χ0v) is 10.7. The molecular formula is C12H17N3O3. The summed E-state index contributed by atoms with van der Waals surface area (Å²) in [6.45, 7) is -0.0439. The predicted molar refractivity (Wildman–Crippen MR) is 68.4 cm³/mol. The molecule has 98 valence electrons. The van der Waals surface area contributed by atoms with E-state index in [4.69, 9.17) is 10.5 Å². The summed E-state index contributed by atoms with van der Waals surface area (Å²) in [5, 5.41) is 2.52. The number of amides is 2. The van der Waals surface area contributed by atoms with Crippen LogP contribution < -0.4 is 15.8 Å². The molecule has 0 saturated carbocycles. The number of nitrogens with two attached hydrogens (primary N) is 1. The van der Waals surface area contributed by atoms with Crippen LogP contribution in [-0.2, 0) is 4.79 Å². The summed E-state index contributed by atoms with van der Waals surface area (Å²) in [5.41, 5.74) is 6.46. The molecule has 0 aromatic heterocycles. The molecule has 1 aromatic carbocycles. The molecule has 1 aromatic rings. The second-order valence-electron chi connectivity index (χ2n) is 3.93. The zero-order chi connectivity index (χ0) is 13.7. The van der Waals surface area contributed by atoms with Gasteiger partial charge >= 0.3 is 0 Å². The van der Waals surface area contributed by atoms with Gasteiger partial charge < -0.3 is 20.7 Å². The molecule has 0 heterocycles. The van der Waals surface area contributed by atoms with Gasteiger partial charge in [-0.25, -0.2) is 0 Å². The van der Waals surface area contributed by atoms with Gasteiger partial charge in [-0.05, 0) is 18.2 Å². The summed E-state index contributed by atoms with van der Waals surface area (Å²) in [6, 6.07) is 4.71. The fourth-order valence-electron chi connectivity index (χ4n) is 1.29. The molecule has 3 N–H and O–H groups in total. The van der Waals surface area contributed by atoms with E-state index in [1.165, 1.54) is 18.1 Å². The first-order valence-electron chi connectivity index (χ1n) is 5.37. The second-order valence-corrected chi connectivity index (χ2v) is 3.93. The van der Waals surface area contributed by atoms with Crippen LogP contribution in [0.25, 0.3) is 0 Å². The number of rotatable bonds is 4. The summed E-state index contributed by atoms with van der Waals surface area (Å²) in [4.78, 5) is 24.5. The Hall–Kier alpha value is -2.24. The van der Waals surface area contributed by atoms with E-state index in [1.54, 1.807) is 26.2 Å². The number of anilines is 1. The first-order chi connectivity index (χ1) is 8.45. The predicted octanol–water partition coefficient (Wildman–Crippen LogP) is 0.0954. The lowest BCUT2D eigenvalue weighted by Gasteiger charge is -2.11. The third-order valence-electron chi connectivity index (χ3n) is 2.39. The quantitative estimate of drug-likeness (QED) is 0.743. The van der Waals surface area contributed by atoms with E-state index in [-0.39, 0.29) is 18.4 Å². The largest absolute Gasteiger partial charge is 0.495 e. The van der Waals surface area contributed by atoms with Gasteiger partial charge in [0.2, 0.25) is 5.91 Å². The highest BCUT2D eigenvalue weighted by atomic mass is 16.5. The monoisotopic (exact) mass is 251 g/mol. The van der Waals surface area contributed by atoms with E-state index in [2.05, 4.69) is 5.32 Å². The number of hydrogen-bond acceptors (Lipinski definition) is 4. The number of carbonyl (C=O) groups excluding carboxylic acids is 2. The molecular weight excluding hydrogens is 234 g/mol. The van der Waals surface area contributed by atoms with Crippen LogP contribution >= 0.6 is 0 Å². The Labute approximate surface area is 106 Å². The summed E-state index contributed by atoms with van der Waals surface area (Å²) in [5.74, 6) is -0.0136. The van der Waals surface area contributed by atoms with Crippen LogP contribution in [0.4, 0.5) is 5.69 Å². The number of nitrogen functional groups attached to an aromatic ring is 1. The number of ether oxygens (including phenoxy) is 1. The SMILES string of the molecule is COc1ccc(C(=O)NCC(=O)N(C)C)cc1N. The van der Waals surface area contributed by atoms with Crippen molar-refractivity contribution in [2.45, 2.75) is 0 Å². The van der Waals surface area contributed by atoms with Gasteiger partial charge in [0.15, 0.2) is 0 Å². The van der Waals surface area contributed by atoms with Crippen molar-refractivity contribution in [3.8, 4) is 5.75 Å². The minimum Gasteiger partial charge on any atom is -0.495 e. The van der Waals surface area contributed by atoms with Crippen LogP contribution in [0.5, 0.6) is 5.75 Å². The van der Waals surface area contributed by atoms with Gasteiger partial charge in [0.05, 0.1) is 19.3 Å². The number of benzene rings is 1. The first-order valence-corrected chi connectivity index (χ1v) is 5.37. The van der Waals surface area contributed by atoms with Crippen LogP contribution in [0.3, 0.4) is 0 Å². The molecule has 0 radical (unpaired) electrons. The fourth-order valence-corrected chi connectivity index (χ4v) is 1.29. The minimum absolute atomic E-state index is 0.0439. The van der Waals surface area contributed by atoms with Crippen molar-refractivity contribution in [2.75, 3.05) is 33.5 Å². The number of nitrogens with zero attached hydrogens (tertiary/aromatic N) is 1. The third-order valence-corrected chi connectivity index (χ3v) is 2.39. The zero-order valence-electron chi connectivity index (χ0n) is 10.7. The molecule has 1 rings (SSSR count). The van der Waals surface area contributed by atoms with Gasteiger partial charge in [0.25, 0.3) is 5.91 Å². The van der Waals surface area contributed by atoms with Crippen LogP contribution in [0.2, 0.25) is 0 Å². The lowest BCUT2D eigenvalue weighted by molar-refractivity contribution is -0.127. The number of carbonyl (C=O) groups is 2. The lowest BCUT2D eigenvalue weighted by atomic mass is 10.2. The Bertz CT molecular complexity index is 458. The van der Waals surface area contributed by atoms with Crippen LogP contribution in [0.1, 0.15) is 10.4 Å². The van der Waals surface area contributed by atoms with E-state index >= 15 is 0 Å². The molecule has 0 aliphatic carbocycles. The second kappa shape index (κ2) is 5.90. The molecule has 2 amide bonds. The molecule has 0 spiro atoms. The van der Waals surface area contributed by atoms with Crippen LogP contribution in [0.15, 0.2) is 18.2 Å². The van der Waals surface area contributed by atoms with Crippen molar-refractivity contribution < 1.29 is 14.3 Å². The summed E-state index contributed by atoms with van der Waals surface area (Å²) < 4.78 is 4.99. The first kappa shape index (κ1) is 13.8. The molecule has 18 heavy (non-hydrogen) atoms. The molecule has 6 heteroatoms. The molecule has 0 unspecified atom stereocenters. The number of hydrogen-bond donors (Lipinski definition) is 2. The topological polar surface area (TPSA) is 84.7 Å². The highest BCUT2D eigenvalue weighted by Crippen LogP contribution is 2.21. The molecule has 0 aliphatic heterocycles. The fraction of sp³-hybridized carbons (Fsp3) is 0.333. The maximum atomic E-state index is 11.7. The maximum Gasteiger partial charge on any atom is 0.251 e. The van der Waals surface area contributed by atoms with Crippen LogP contribution in [-0.4, -0.2) is 44.5 Å². The van der Waals surface area contributed by atoms with E-state index in [9.17, 15) is 9.59 Å². The van der Waals surface area contributed by atoms with Crippen molar-refractivity contribution in [1.82, 2.24) is 10.2 Å². The Kier molecular flexibility index (Phi) is 4.53. The Morgan fingerprint density at radius 3 is 2.56 bits per heavy atom. The van der Waals surface area contributed by atoms with Gasteiger partial charge in [-0.15, -0.1) is 0 Å². The Balaban J connectivity index is 2.68. The van der Waals surface area contributed by atoms with Crippen LogP contribution in [0, 0.1) is 0 Å². The minimum atomic E-state index is -0.348. The van der Waals surface area contributed by atoms with E-state index in [0.29, 0.717) is 17.0 Å². The third kappa shape index (κ3) is 3.38. The Morgan fingerprint density at radius 2 is 2.06 bits per heavy atom. The molecule has 0 saturated heterocycles. The molecule has 0 aliphatic rings. The van der Waals surface area contributed by atoms with Crippen molar-refractivity contribution in [3.05, 3.63) is 23.8 Å². The van der Waals surface area contributed by atoms with Gasteiger partial charge in [-0.1, -0.05) is 0 Å². The van der Waals surface area contributed by atoms with Crippen molar-refractivity contribution in [2.24, 2.45) is 0 Å². The lowest BCUT2D eigenvalue weighted by Crippen LogP contribution is -2.36. The number of likely N-dealkylation sites (N-methyl/N-ethyl adjacent to an activating group) is 1. The summed E-state index contributed by atoms with van der Waals surface area (Å²) in [7, 11) is 4.75. The smallest absolute Gasteiger partial charge is 0.251 e. The normalized spacial score (nSPS) is 9.72. The standard InChI is InChI=1S/C12H17N3O3/c1-15(2)11(16)7-14-12(17)8-4-5-10(18-3)9(13)6-8/h4-6H,7,13H2,1-3H3,(H,14,17). The molecule has 0 atom stereocenters. The van der Waals surface area contributed by atoms with Gasteiger partial charge in [0, 0.05) is 19.7 Å². The average molecular weight is 251 g/mol.